The lowest BCUT2D eigenvalue weighted by Gasteiger charge is -2.15. The van der Waals surface area contributed by atoms with Gasteiger partial charge in [-0.15, -0.1) is 0 Å². The normalized spacial score (nSPS) is 10.4. The van der Waals surface area contributed by atoms with Crippen molar-refractivity contribution in [3.05, 3.63) is 52.6 Å². The molecule has 0 spiro atoms. The van der Waals surface area contributed by atoms with Crippen molar-refractivity contribution in [3.8, 4) is 5.75 Å². The molecular weight excluding hydrogens is 309 g/mol. The number of amides is 1. The molecule has 2 rings (SSSR count). The lowest BCUT2D eigenvalue weighted by atomic mass is 10.1. The Morgan fingerprint density at radius 2 is 2.04 bits per heavy atom. The third-order valence-electron chi connectivity index (χ3n) is 3.86. The smallest absolute Gasteiger partial charge is 0.251 e. The lowest BCUT2D eigenvalue weighted by molar-refractivity contribution is 0.0950. The minimum Gasteiger partial charge on any atom is -0.496 e. The molecule has 0 atom stereocenters. The molecule has 6 heteroatoms. The lowest BCUT2D eigenvalue weighted by Crippen LogP contribution is -2.24. The molecule has 5 nitrogen and oxygen atoms in total. The van der Waals surface area contributed by atoms with Crippen molar-refractivity contribution >= 4 is 11.6 Å². The summed E-state index contributed by atoms with van der Waals surface area (Å²) in [6.07, 6.45) is 1.71. The van der Waals surface area contributed by atoms with Gasteiger partial charge in [-0.05, 0) is 32.0 Å². The van der Waals surface area contributed by atoms with E-state index in [9.17, 15) is 9.18 Å². The molecule has 0 radical (unpaired) electrons. The first-order chi connectivity index (χ1) is 11.3. The Kier molecular flexibility index (Phi) is 5.39. The summed E-state index contributed by atoms with van der Waals surface area (Å²) >= 11 is 0. The van der Waals surface area contributed by atoms with E-state index in [0.29, 0.717) is 5.69 Å². The van der Waals surface area contributed by atoms with Crippen molar-refractivity contribution in [1.82, 2.24) is 10.3 Å². The molecule has 0 bridgehead atoms. The molecule has 1 aromatic heterocycles. The van der Waals surface area contributed by atoms with E-state index in [1.165, 1.54) is 6.07 Å². The summed E-state index contributed by atoms with van der Waals surface area (Å²) in [6, 6.07) is 4.42. The molecule has 2 aromatic rings. The van der Waals surface area contributed by atoms with Gasteiger partial charge >= 0.3 is 0 Å². The number of nitrogens with zero attached hydrogens (tertiary/aromatic N) is 2. The number of ether oxygens (including phenoxy) is 1. The van der Waals surface area contributed by atoms with Gasteiger partial charge in [0.2, 0.25) is 0 Å². The zero-order valence-electron chi connectivity index (χ0n) is 14.6. The number of hydrogen-bond acceptors (Lipinski definition) is 4. The van der Waals surface area contributed by atoms with Crippen LogP contribution in [0.5, 0.6) is 5.75 Å². The average Bonchev–Trinajstić information content (AvgIpc) is 2.53. The van der Waals surface area contributed by atoms with E-state index in [-0.39, 0.29) is 18.0 Å². The topological polar surface area (TPSA) is 54.5 Å². The van der Waals surface area contributed by atoms with Crippen LogP contribution in [-0.2, 0) is 6.54 Å². The molecule has 0 fully saturated rings. The van der Waals surface area contributed by atoms with Crippen molar-refractivity contribution in [2.75, 3.05) is 26.1 Å². The number of carbonyl (C=O) groups is 1. The van der Waals surface area contributed by atoms with E-state index in [4.69, 9.17) is 4.74 Å². The van der Waals surface area contributed by atoms with Crippen molar-refractivity contribution in [2.45, 2.75) is 20.4 Å². The number of benzene rings is 1. The summed E-state index contributed by atoms with van der Waals surface area (Å²) < 4.78 is 19.3. The highest BCUT2D eigenvalue weighted by Crippen LogP contribution is 2.24. The number of nitrogens with one attached hydrogen (secondary N) is 1. The molecule has 0 unspecified atom stereocenters. The predicted molar refractivity (Wildman–Crippen MR) is 92.2 cm³/mol. The van der Waals surface area contributed by atoms with Crippen LogP contribution >= 0.6 is 0 Å². The fourth-order valence-electron chi connectivity index (χ4n) is 2.53. The van der Waals surface area contributed by atoms with Gasteiger partial charge in [0, 0.05) is 37.0 Å². The van der Waals surface area contributed by atoms with Crippen LogP contribution in [0.4, 0.5) is 10.1 Å². The number of carbonyl (C=O) groups excluding carboxylic acids is 1. The van der Waals surface area contributed by atoms with Crippen molar-refractivity contribution in [1.29, 1.82) is 0 Å². The summed E-state index contributed by atoms with van der Waals surface area (Å²) in [6.45, 7) is 4.06. The van der Waals surface area contributed by atoms with Gasteiger partial charge in [0.1, 0.15) is 11.6 Å². The van der Waals surface area contributed by atoms with E-state index in [1.807, 2.05) is 13.8 Å². The SMILES string of the molecule is COc1c(C)cnc(CNC(=O)c2ccc(N(C)C)c(F)c2)c1C. The van der Waals surface area contributed by atoms with E-state index in [0.717, 1.165) is 22.6 Å². The predicted octanol–water partition coefficient (Wildman–Crippen LogP) is 2.84. The maximum absolute atomic E-state index is 14.0. The summed E-state index contributed by atoms with van der Waals surface area (Å²) in [5.74, 6) is -0.0189. The maximum atomic E-state index is 14.0. The summed E-state index contributed by atoms with van der Waals surface area (Å²) in [5.41, 5.74) is 3.25. The van der Waals surface area contributed by atoms with Crippen molar-refractivity contribution < 1.29 is 13.9 Å². The number of pyridine rings is 1. The zero-order chi connectivity index (χ0) is 17.9. The Labute approximate surface area is 141 Å². The van der Waals surface area contributed by atoms with Gasteiger partial charge in [-0.3, -0.25) is 9.78 Å². The molecule has 24 heavy (non-hydrogen) atoms. The summed E-state index contributed by atoms with van der Waals surface area (Å²) in [5, 5.41) is 2.77. The fraction of sp³-hybridized carbons (Fsp3) is 0.333. The van der Waals surface area contributed by atoms with Gasteiger partial charge in [0.25, 0.3) is 5.91 Å². The van der Waals surface area contributed by atoms with Crippen LogP contribution < -0.4 is 15.0 Å². The van der Waals surface area contributed by atoms with Crippen LogP contribution in [0.1, 0.15) is 27.2 Å². The van der Waals surface area contributed by atoms with Crippen LogP contribution in [0, 0.1) is 19.7 Å². The first-order valence-corrected chi connectivity index (χ1v) is 7.59. The third kappa shape index (κ3) is 3.64. The first-order valence-electron chi connectivity index (χ1n) is 7.59. The van der Waals surface area contributed by atoms with Crippen LogP contribution in [0.15, 0.2) is 24.4 Å². The van der Waals surface area contributed by atoms with Crippen molar-refractivity contribution in [2.24, 2.45) is 0 Å². The van der Waals surface area contributed by atoms with Crippen LogP contribution in [0.2, 0.25) is 0 Å². The molecule has 0 aliphatic carbocycles. The van der Waals surface area contributed by atoms with Crippen molar-refractivity contribution in [3.63, 3.8) is 0 Å². The Bertz CT molecular complexity index is 760. The Morgan fingerprint density at radius 1 is 1.33 bits per heavy atom. The highest BCUT2D eigenvalue weighted by molar-refractivity contribution is 5.94. The van der Waals surface area contributed by atoms with E-state index < -0.39 is 5.82 Å². The molecule has 0 saturated carbocycles. The van der Waals surface area contributed by atoms with Gasteiger partial charge in [-0.25, -0.2) is 4.39 Å². The van der Waals surface area contributed by atoms with Crippen LogP contribution in [-0.4, -0.2) is 32.1 Å². The number of halogens is 1. The second-order valence-electron chi connectivity index (χ2n) is 5.79. The Morgan fingerprint density at radius 3 is 2.62 bits per heavy atom. The third-order valence-corrected chi connectivity index (χ3v) is 3.86. The second kappa shape index (κ2) is 7.29. The van der Waals surface area contributed by atoms with Gasteiger partial charge in [-0.2, -0.15) is 0 Å². The minimum atomic E-state index is -0.432. The standard InChI is InChI=1S/C18H22FN3O2/c1-11-9-20-15(12(2)17(11)24-5)10-21-18(23)13-6-7-16(22(3)4)14(19)8-13/h6-9H,10H2,1-5H3,(H,21,23). The highest BCUT2D eigenvalue weighted by atomic mass is 19.1. The molecule has 128 valence electrons. The monoisotopic (exact) mass is 331 g/mol. The number of aryl methyl sites for hydroxylation is 1. The molecular formula is C18H22FN3O2. The number of methoxy groups -OCH3 is 1. The molecule has 1 heterocycles. The number of hydrogen-bond donors (Lipinski definition) is 1. The quantitative estimate of drug-likeness (QED) is 0.915. The van der Waals surface area contributed by atoms with Gasteiger partial charge in [0.15, 0.2) is 0 Å². The largest absolute Gasteiger partial charge is 0.496 e. The average molecular weight is 331 g/mol. The molecule has 0 aliphatic rings. The van der Waals surface area contributed by atoms with Gasteiger partial charge in [0.05, 0.1) is 25.0 Å². The number of rotatable bonds is 5. The van der Waals surface area contributed by atoms with Crippen LogP contribution in [0.25, 0.3) is 0 Å². The van der Waals surface area contributed by atoms with Gasteiger partial charge < -0.3 is 15.0 Å². The Hall–Kier alpha value is -2.63. The van der Waals surface area contributed by atoms with Crippen LogP contribution in [0.3, 0.4) is 0 Å². The Balaban J connectivity index is 2.13. The summed E-state index contributed by atoms with van der Waals surface area (Å²) in [4.78, 5) is 18.2. The van der Waals surface area contributed by atoms with E-state index >= 15 is 0 Å². The molecule has 0 saturated heterocycles. The second-order valence-corrected chi connectivity index (χ2v) is 5.79. The minimum absolute atomic E-state index is 0.248. The molecule has 1 aromatic carbocycles. The first kappa shape index (κ1) is 17.7. The fourth-order valence-corrected chi connectivity index (χ4v) is 2.53. The molecule has 1 amide bonds. The van der Waals surface area contributed by atoms with E-state index in [1.54, 1.807) is 44.4 Å². The number of aromatic nitrogens is 1. The maximum Gasteiger partial charge on any atom is 0.251 e. The van der Waals surface area contributed by atoms with Gasteiger partial charge in [-0.1, -0.05) is 0 Å². The highest BCUT2D eigenvalue weighted by Gasteiger charge is 2.13. The number of anilines is 1. The summed E-state index contributed by atoms with van der Waals surface area (Å²) in [7, 11) is 5.10. The zero-order valence-corrected chi connectivity index (χ0v) is 14.6. The molecule has 0 aliphatic heterocycles. The van der Waals surface area contributed by atoms with E-state index in [2.05, 4.69) is 10.3 Å². The molecule has 1 N–H and O–H groups in total.